The van der Waals surface area contributed by atoms with Crippen molar-refractivity contribution in [3.05, 3.63) is 196 Å². The van der Waals surface area contributed by atoms with E-state index in [1.807, 2.05) is 35.3 Å². The number of hydrogen-bond donors (Lipinski definition) is 0. The topological polar surface area (TPSA) is 0 Å². The van der Waals surface area contributed by atoms with Gasteiger partial charge in [0.05, 0.1) is 0 Å². The van der Waals surface area contributed by atoms with Crippen LogP contribution in [0.25, 0.3) is 0 Å². The first-order chi connectivity index (χ1) is 21.8. The van der Waals surface area contributed by atoms with Crippen LogP contribution in [0.5, 0.6) is 0 Å². The van der Waals surface area contributed by atoms with Gasteiger partial charge in [0.25, 0.3) is 0 Å². The zero-order valence-corrected chi connectivity index (χ0v) is 26.8. The first kappa shape index (κ1) is 27.9. The van der Waals surface area contributed by atoms with E-state index in [9.17, 15) is 0 Å². The molecule has 0 atom stereocenters. The minimum atomic E-state index is 0.130. The summed E-state index contributed by atoms with van der Waals surface area (Å²) < 4.78 is 0. The minimum Gasteiger partial charge on any atom is -0.121 e. The van der Waals surface area contributed by atoms with Gasteiger partial charge in [0.15, 0.2) is 0 Å². The van der Waals surface area contributed by atoms with Gasteiger partial charge in [-0.15, -0.1) is 35.3 Å². The van der Waals surface area contributed by atoms with E-state index in [4.69, 9.17) is 0 Å². The summed E-state index contributed by atoms with van der Waals surface area (Å²) in [4.78, 5) is 4.08. The fraction of sp³-hybridized carbons (Fsp3) is 0.122. The van der Waals surface area contributed by atoms with E-state index in [-0.39, 0.29) is 11.8 Å². The third kappa shape index (κ3) is 5.21. The summed E-state index contributed by atoms with van der Waals surface area (Å²) in [7, 11) is 0. The maximum atomic E-state index is 2.38. The minimum absolute atomic E-state index is 0.130. The van der Waals surface area contributed by atoms with Gasteiger partial charge in [0, 0.05) is 43.8 Å². The van der Waals surface area contributed by atoms with Crippen LogP contribution in [0.15, 0.2) is 160 Å². The lowest BCUT2D eigenvalue weighted by Crippen LogP contribution is -2.12. The monoisotopic (exact) mass is 620 g/mol. The SMILES string of the molecule is c1ccc2c(c1)CSc1ccccc1C1c3ccccc3SCc3ccccc3C2c2ccccc2CSc2ccccc21. The molecule has 2 bridgehead atoms. The smallest absolute Gasteiger partial charge is 0.0373 e. The highest BCUT2D eigenvalue weighted by Crippen LogP contribution is 2.48. The molecule has 0 amide bonds. The van der Waals surface area contributed by atoms with E-state index < -0.39 is 0 Å². The summed E-state index contributed by atoms with van der Waals surface area (Å²) in [5, 5.41) is 0. The molecule has 0 nitrogen and oxygen atoms in total. The van der Waals surface area contributed by atoms with Gasteiger partial charge in [-0.25, -0.2) is 0 Å². The van der Waals surface area contributed by atoms with Crippen LogP contribution in [0.3, 0.4) is 0 Å². The van der Waals surface area contributed by atoms with Crippen LogP contribution < -0.4 is 0 Å². The van der Waals surface area contributed by atoms with Crippen LogP contribution >= 0.6 is 35.3 Å². The van der Waals surface area contributed by atoms with Crippen molar-refractivity contribution in [2.45, 2.75) is 43.8 Å². The normalized spacial score (nSPS) is 17.5. The lowest BCUT2D eigenvalue weighted by molar-refractivity contribution is 0.890. The van der Waals surface area contributed by atoms with Crippen molar-refractivity contribution in [3.63, 3.8) is 0 Å². The molecule has 0 unspecified atom stereocenters. The van der Waals surface area contributed by atoms with Crippen molar-refractivity contribution in [3.8, 4) is 0 Å². The van der Waals surface area contributed by atoms with E-state index in [1.165, 1.54) is 64.8 Å². The van der Waals surface area contributed by atoms with E-state index in [1.54, 1.807) is 0 Å². The van der Waals surface area contributed by atoms with Gasteiger partial charge >= 0.3 is 0 Å². The van der Waals surface area contributed by atoms with Crippen molar-refractivity contribution in [1.29, 1.82) is 0 Å². The molecule has 0 aliphatic carbocycles. The van der Waals surface area contributed by atoms with Gasteiger partial charge < -0.3 is 0 Å². The summed E-state index contributed by atoms with van der Waals surface area (Å²) in [5.74, 6) is 3.06. The van der Waals surface area contributed by atoms with Gasteiger partial charge in [-0.2, -0.15) is 0 Å². The van der Waals surface area contributed by atoms with Gasteiger partial charge in [0.1, 0.15) is 0 Å². The average Bonchev–Trinajstić information content (AvgIpc) is 3.08. The Labute approximate surface area is 273 Å². The van der Waals surface area contributed by atoms with E-state index >= 15 is 0 Å². The maximum Gasteiger partial charge on any atom is 0.0373 e. The summed E-state index contributed by atoms with van der Waals surface area (Å²) >= 11 is 5.95. The Morgan fingerprint density at radius 1 is 0.295 bits per heavy atom. The van der Waals surface area contributed by atoms with E-state index in [2.05, 4.69) is 146 Å². The number of thioether (sulfide) groups is 3. The van der Waals surface area contributed by atoms with E-state index in [0.29, 0.717) is 0 Å². The highest BCUT2D eigenvalue weighted by Gasteiger charge is 2.29. The molecule has 0 aromatic heterocycles. The Bertz CT molecular complexity index is 1590. The largest absolute Gasteiger partial charge is 0.121 e. The highest BCUT2D eigenvalue weighted by molar-refractivity contribution is 7.99. The van der Waals surface area contributed by atoms with E-state index in [0.717, 1.165) is 17.3 Å². The molecule has 0 fully saturated rings. The summed E-state index contributed by atoms with van der Waals surface area (Å²) in [6.07, 6.45) is 0. The number of rotatable bonds is 0. The third-order valence-electron chi connectivity index (χ3n) is 8.94. The molecule has 0 spiro atoms. The second-order valence-corrected chi connectivity index (χ2v) is 14.5. The Morgan fingerprint density at radius 3 is 0.886 bits per heavy atom. The van der Waals surface area contributed by atoms with Crippen molar-refractivity contribution >= 4 is 35.3 Å². The molecule has 0 N–H and O–H groups in total. The Morgan fingerprint density at radius 2 is 0.545 bits per heavy atom. The Kier molecular flexibility index (Phi) is 7.86. The van der Waals surface area contributed by atoms with Crippen LogP contribution in [0.1, 0.15) is 61.9 Å². The molecule has 0 saturated carbocycles. The van der Waals surface area contributed by atoms with Gasteiger partial charge in [-0.05, 0) is 68.3 Å². The lowest BCUT2D eigenvalue weighted by Gasteiger charge is -2.29. The summed E-state index contributed by atoms with van der Waals surface area (Å²) in [6, 6.07) is 54.9. The zero-order valence-electron chi connectivity index (χ0n) is 24.4. The molecule has 214 valence electrons. The van der Waals surface area contributed by atoms with Crippen molar-refractivity contribution in [1.82, 2.24) is 0 Å². The summed E-state index contributed by atoms with van der Waals surface area (Å²) in [5.41, 5.74) is 12.7. The van der Waals surface area contributed by atoms with Crippen molar-refractivity contribution < 1.29 is 0 Å². The Hall–Kier alpha value is -3.63. The standard InChI is InChI=1S/C41H32S3/c1-4-16-31-28(13-1)25-42-37-22-10-7-19-34(37)41-35-20-8-11-23-38(35)43-26-29-14-2-5-17-32(29)40(31)33-18-6-3-15-30(33)27-44-39-24-12-9-21-36(39)41/h1-24,40-41H,25-27H2. The van der Waals surface area contributed by atoms with Crippen LogP contribution in [0.4, 0.5) is 0 Å². The predicted octanol–water partition coefficient (Wildman–Crippen LogP) is 11.6. The fourth-order valence-electron chi connectivity index (χ4n) is 6.86. The first-order valence-corrected chi connectivity index (χ1v) is 18.2. The number of benzene rings is 6. The molecule has 44 heavy (non-hydrogen) atoms. The maximum absolute atomic E-state index is 2.38. The molecular weight excluding hydrogens is 589 g/mol. The molecule has 0 saturated heterocycles. The third-order valence-corrected chi connectivity index (χ3v) is 12.4. The predicted molar refractivity (Wildman–Crippen MR) is 189 cm³/mol. The van der Waals surface area contributed by atoms with Crippen LogP contribution in [-0.4, -0.2) is 0 Å². The molecule has 3 heteroatoms. The lowest BCUT2D eigenvalue weighted by atomic mass is 9.80. The van der Waals surface area contributed by atoms with Gasteiger partial charge in [-0.3, -0.25) is 0 Å². The van der Waals surface area contributed by atoms with Crippen LogP contribution in [0.2, 0.25) is 0 Å². The first-order valence-electron chi connectivity index (χ1n) is 15.2. The molecule has 3 aliphatic rings. The molecule has 9 rings (SSSR count). The molecule has 3 aliphatic heterocycles. The Balaban J connectivity index is 1.48. The van der Waals surface area contributed by atoms with Crippen molar-refractivity contribution in [2.75, 3.05) is 0 Å². The molecular formula is C41H32S3. The van der Waals surface area contributed by atoms with Crippen molar-refractivity contribution in [2.24, 2.45) is 0 Å². The average molecular weight is 621 g/mol. The molecule has 6 aromatic rings. The summed E-state index contributed by atoms with van der Waals surface area (Å²) in [6.45, 7) is 0. The second kappa shape index (κ2) is 12.4. The van der Waals surface area contributed by atoms with Gasteiger partial charge in [-0.1, -0.05) is 127 Å². The fourth-order valence-corrected chi connectivity index (χ4v) is 10.2. The number of hydrogen-bond acceptors (Lipinski definition) is 3. The quantitative estimate of drug-likeness (QED) is 0.166. The van der Waals surface area contributed by atoms with Gasteiger partial charge in [0.2, 0.25) is 0 Å². The molecule has 6 aromatic carbocycles. The second-order valence-electron chi connectivity index (χ2n) is 11.4. The zero-order chi connectivity index (χ0) is 29.3. The molecule has 3 heterocycles. The van der Waals surface area contributed by atoms with Crippen LogP contribution in [0, 0.1) is 0 Å². The molecule has 0 radical (unpaired) electrons. The highest BCUT2D eigenvalue weighted by atomic mass is 32.2. The van der Waals surface area contributed by atoms with Crippen LogP contribution in [-0.2, 0) is 17.3 Å². The number of fused-ring (bicyclic) bond motifs is 3.